The van der Waals surface area contributed by atoms with Crippen LogP contribution < -0.4 is 5.76 Å². The highest BCUT2D eigenvalue weighted by Crippen LogP contribution is 2.31. The quantitative estimate of drug-likeness (QED) is 0.720. The molecular formula is C17H16ClNO2. The Labute approximate surface area is 127 Å². The first-order chi connectivity index (χ1) is 10.0. The van der Waals surface area contributed by atoms with E-state index in [4.69, 9.17) is 16.0 Å². The topological polar surface area (TPSA) is 46.0 Å². The Hall–Kier alpha value is -2.00. The predicted octanol–water partition coefficient (Wildman–Crippen LogP) is 4.57. The van der Waals surface area contributed by atoms with Gasteiger partial charge in [-0.05, 0) is 34.7 Å². The van der Waals surface area contributed by atoms with Crippen LogP contribution in [0.2, 0.25) is 0 Å². The SMILES string of the molecule is CC(C)c1ccc(C(Cl)c2ccc3[nH]c(=O)oc3c2)cc1. The van der Waals surface area contributed by atoms with Crippen molar-refractivity contribution in [2.45, 2.75) is 25.1 Å². The number of benzene rings is 2. The number of hydrogen-bond acceptors (Lipinski definition) is 2. The Morgan fingerprint density at radius 3 is 2.29 bits per heavy atom. The minimum absolute atomic E-state index is 0.268. The molecule has 1 aromatic heterocycles. The van der Waals surface area contributed by atoms with Gasteiger partial charge in [0.25, 0.3) is 0 Å². The third kappa shape index (κ3) is 2.74. The van der Waals surface area contributed by atoms with Gasteiger partial charge in [0.05, 0.1) is 10.9 Å². The summed E-state index contributed by atoms with van der Waals surface area (Å²) < 4.78 is 5.08. The molecule has 1 heterocycles. The van der Waals surface area contributed by atoms with Gasteiger partial charge >= 0.3 is 5.76 Å². The monoisotopic (exact) mass is 301 g/mol. The van der Waals surface area contributed by atoms with Gasteiger partial charge in [-0.1, -0.05) is 44.2 Å². The highest BCUT2D eigenvalue weighted by molar-refractivity contribution is 6.22. The lowest BCUT2D eigenvalue weighted by Crippen LogP contribution is -1.94. The van der Waals surface area contributed by atoms with Crippen molar-refractivity contribution in [1.82, 2.24) is 4.98 Å². The maximum absolute atomic E-state index is 11.2. The Bertz CT molecular complexity index is 815. The molecule has 3 nitrogen and oxygen atoms in total. The van der Waals surface area contributed by atoms with E-state index >= 15 is 0 Å². The van der Waals surface area contributed by atoms with Crippen molar-refractivity contribution >= 4 is 22.7 Å². The first-order valence-corrected chi connectivity index (χ1v) is 7.35. The Morgan fingerprint density at radius 1 is 1.00 bits per heavy atom. The summed E-state index contributed by atoms with van der Waals surface area (Å²) in [6.45, 7) is 4.32. The minimum Gasteiger partial charge on any atom is -0.408 e. The number of oxazole rings is 1. The molecule has 0 fully saturated rings. The number of H-pyrrole nitrogens is 1. The van der Waals surface area contributed by atoms with E-state index in [1.165, 1.54) is 5.56 Å². The molecule has 0 saturated carbocycles. The van der Waals surface area contributed by atoms with Crippen molar-refractivity contribution in [3.8, 4) is 0 Å². The number of rotatable bonds is 3. The van der Waals surface area contributed by atoms with Gasteiger partial charge < -0.3 is 4.42 Å². The molecule has 0 spiro atoms. The molecule has 1 unspecified atom stereocenters. The van der Waals surface area contributed by atoms with E-state index in [-0.39, 0.29) is 5.38 Å². The molecule has 4 heteroatoms. The lowest BCUT2D eigenvalue weighted by molar-refractivity contribution is 0.555. The van der Waals surface area contributed by atoms with Crippen LogP contribution in [0.4, 0.5) is 0 Å². The van der Waals surface area contributed by atoms with Gasteiger partial charge in [0.1, 0.15) is 0 Å². The largest absolute Gasteiger partial charge is 0.417 e. The summed E-state index contributed by atoms with van der Waals surface area (Å²) in [7, 11) is 0. The van der Waals surface area contributed by atoms with Crippen molar-refractivity contribution in [3.05, 3.63) is 69.7 Å². The molecule has 0 radical (unpaired) electrons. The lowest BCUT2D eigenvalue weighted by atomic mass is 9.98. The molecule has 3 rings (SSSR count). The predicted molar refractivity (Wildman–Crippen MR) is 85.1 cm³/mol. The van der Waals surface area contributed by atoms with Gasteiger partial charge in [0.2, 0.25) is 0 Å². The number of nitrogens with one attached hydrogen (secondary N) is 1. The second-order valence-corrected chi connectivity index (χ2v) is 5.89. The first kappa shape index (κ1) is 14.0. The highest BCUT2D eigenvalue weighted by Gasteiger charge is 2.13. The molecule has 0 aliphatic rings. The van der Waals surface area contributed by atoms with Gasteiger partial charge in [-0.25, -0.2) is 4.79 Å². The molecule has 0 aliphatic carbocycles. The van der Waals surface area contributed by atoms with Gasteiger partial charge in [-0.15, -0.1) is 11.6 Å². The van der Waals surface area contributed by atoms with E-state index in [0.717, 1.165) is 11.1 Å². The van der Waals surface area contributed by atoms with Crippen LogP contribution in [0.3, 0.4) is 0 Å². The van der Waals surface area contributed by atoms with Crippen LogP contribution in [0, 0.1) is 0 Å². The third-order valence-corrected chi connectivity index (χ3v) is 4.14. The summed E-state index contributed by atoms with van der Waals surface area (Å²) in [6.07, 6.45) is 0. The fourth-order valence-electron chi connectivity index (χ4n) is 2.36. The third-order valence-electron chi connectivity index (χ3n) is 3.63. The van der Waals surface area contributed by atoms with Crippen LogP contribution in [-0.2, 0) is 0 Å². The number of alkyl halides is 1. The second-order valence-electron chi connectivity index (χ2n) is 5.45. The molecule has 2 aromatic carbocycles. The van der Waals surface area contributed by atoms with E-state index in [9.17, 15) is 4.79 Å². The smallest absolute Gasteiger partial charge is 0.408 e. The summed E-state index contributed by atoms with van der Waals surface area (Å²) in [4.78, 5) is 13.8. The highest BCUT2D eigenvalue weighted by atomic mass is 35.5. The van der Waals surface area contributed by atoms with Crippen LogP contribution in [0.15, 0.2) is 51.7 Å². The number of fused-ring (bicyclic) bond motifs is 1. The number of aromatic nitrogens is 1. The molecule has 3 aromatic rings. The second kappa shape index (κ2) is 5.41. The van der Waals surface area contributed by atoms with E-state index in [0.29, 0.717) is 17.0 Å². The van der Waals surface area contributed by atoms with Crippen LogP contribution >= 0.6 is 11.6 Å². The molecule has 0 saturated heterocycles. The van der Waals surface area contributed by atoms with Crippen LogP contribution in [0.25, 0.3) is 11.1 Å². The molecule has 21 heavy (non-hydrogen) atoms. The van der Waals surface area contributed by atoms with E-state index in [2.05, 4.69) is 31.0 Å². The van der Waals surface area contributed by atoms with Gasteiger partial charge in [0.15, 0.2) is 5.58 Å². The Kier molecular flexibility index (Phi) is 3.60. The Morgan fingerprint density at radius 2 is 1.62 bits per heavy atom. The van der Waals surface area contributed by atoms with Crippen molar-refractivity contribution in [3.63, 3.8) is 0 Å². The summed E-state index contributed by atoms with van der Waals surface area (Å²) in [5, 5.41) is -0.268. The minimum atomic E-state index is -0.449. The molecule has 1 atom stereocenters. The van der Waals surface area contributed by atoms with Crippen LogP contribution in [0.5, 0.6) is 0 Å². The van der Waals surface area contributed by atoms with Crippen molar-refractivity contribution < 1.29 is 4.42 Å². The molecular weight excluding hydrogens is 286 g/mol. The van der Waals surface area contributed by atoms with E-state index in [1.54, 1.807) is 6.07 Å². The average Bonchev–Trinajstić information content (AvgIpc) is 2.85. The van der Waals surface area contributed by atoms with E-state index < -0.39 is 5.76 Å². The molecule has 0 amide bonds. The van der Waals surface area contributed by atoms with Crippen molar-refractivity contribution in [2.24, 2.45) is 0 Å². The number of aromatic amines is 1. The van der Waals surface area contributed by atoms with Gasteiger partial charge in [-0.2, -0.15) is 0 Å². The summed E-state index contributed by atoms with van der Waals surface area (Å²) in [5.41, 5.74) is 4.43. The fourth-order valence-corrected chi connectivity index (χ4v) is 2.64. The maximum Gasteiger partial charge on any atom is 0.417 e. The number of halogens is 1. The summed E-state index contributed by atoms with van der Waals surface area (Å²) in [5.74, 6) is 0.0489. The summed E-state index contributed by atoms with van der Waals surface area (Å²) in [6, 6.07) is 13.8. The molecule has 1 N–H and O–H groups in total. The van der Waals surface area contributed by atoms with Gasteiger partial charge in [-0.3, -0.25) is 4.98 Å². The zero-order valence-corrected chi connectivity index (χ0v) is 12.6. The fraction of sp³-hybridized carbons (Fsp3) is 0.235. The number of hydrogen-bond donors (Lipinski definition) is 1. The van der Waals surface area contributed by atoms with Crippen LogP contribution in [-0.4, -0.2) is 4.98 Å². The standard InChI is InChI=1S/C17H16ClNO2/c1-10(2)11-3-5-12(6-4-11)16(18)13-7-8-14-15(9-13)21-17(20)19-14/h3-10,16H,1-2H3,(H,19,20). The zero-order chi connectivity index (χ0) is 15.0. The Balaban J connectivity index is 1.95. The van der Waals surface area contributed by atoms with Crippen LogP contribution in [0.1, 0.15) is 41.8 Å². The van der Waals surface area contributed by atoms with E-state index in [1.807, 2.05) is 24.3 Å². The zero-order valence-electron chi connectivity index (χ0n) is 11.9. The van der Waals surface area contributed by atoms with Crippen molar-refractivity contribution in [1.29, 1.82) is 0 Å². The van der Waals surface area contributed by atoms with Gasteiger partial charge in [0, 0.05) is 0 Å². The van der Waals surface area contributed by atoms with Crippen molar-refractivity contribution in [2.75, 3.05) is 0 Å². The average molecular weight is 302 g/mol. The molecule has 0 aliphatic heterocycles. The first-order valence-electron chi connectivity index (χ1n) is 6.91. The normalized spacial score (nSPS) is 13.0. The maximum atomic E-state index is 11.2. The molecule has 0 bridgehead atoms. The lowest BCUT2D eigenvalue weighted by Gasteiger charge is -2.12. The molecule has 108 valence electrons. The summed E-state index contributed by atoms with van der Waals surface area (Å²) >= 11 is 6.54.